The SMILES string of the molecule is C=C(N=C/C=C(\C)C1CCCN1)NCc1c(-c2ccc(F)cc2)nc2ccc(Cl)cn12. The maximum absolute atomic E-state index is 13.4. The highest BCUT2D eigenvalue weighted by atomic mass is 35.5. The molecule has 0 aliphatic carbocycles. The van der Waals surface area contributed by atoms with Gasteiger partial charge >= 0.3 is 0 Å². The number of rotatable bonds is 7. The van der Waals surface area contributed by atoms with E-state index in [4.69, 9.17) is 16.6 Å². The topological polar surface area (TPSA) is 53.7 Å². The van der Waals surface area contributed by atoms with Crippen molar-refractivity contribution < 1.29 is 4.39 Å². The van der Waals surface area contributed by atoms with E-state index in [1.54, 1.807) is 24.4 Å². The molecule has 5 nitrogen and oxygen atoms in total. The third kappa shape index (κ3) is 5.03. The van der Waals surface area contributed by atoms with Crippen LogP contribution in [-0.2, 0) is 6.54 Å². The number of aliphatic imine (C=N–C) groups is 1. The normalized spacial score (nSPS) is 17.0. The van der Waals surface area contributed by atoms with Crippen LogP contribution < -0.4 is 10.6 Å². The molecule has 0 radical (unpaired) electrons. The molecule has 1 aromatic carbocycles. The van der Waals surface area contributed by atoms with Crippen LogP contribution in [0.4, 0.5) is 4.39 Å². The minimum Gasteiger partial charge on any atom is -0.365 e. The molecule has 1 atom stereocenters. The van der Waals surface area contributed by atoms with Crippen molar-refractivity contribution in [3.63, 3.8) is 0 Å². The van der Waals surface area contributed by atoms with E-state index in [1.165, 1.54) is 30.5 Å². The second kappa shape index (κ2) is 9.45. The van der Waals surface area contributed by atoms with E-state index in [1.807, 2.05) is 22.7 Å². The van der Waals surface area contributed by atoms with Crippen LogP contribution in [0.1, 0.15) is 25.5 Å². The third-order valence-corrected chi connectivity index (χ3v) is 5.66. The van der Waals surface area contributed by atoms with Crippen LogP contribution in [-0.4, -0.2) is 28.2 Å². The largest absolute Gasteiger partial charge is 0.365 e. The molecule has 0 spiro atoms. The van der Waals surface area contributed by atoms with Gasteiger partial charge in [0, 0.05) is 24.0 Å². The van der Waals surface area contributed by atoms with Gasteiger partial charge in [0.15, 0.2) is 0 Å². The number of hydrogen-bond acceptors (Lipinski definition) is 4. The van der Waals surface area contributed by atoms with Gasteiger partial charge in [-0.05, 0) is 68.8 Å². The molecule has 3 aromatic rings. The molecule has 1 aliphatic rings. The van der Waals surface area contributed by atoms with Gasteiger partial charge < -0.3 is 15.0 Å². The lowest BCUT2D eigenvalue weighted by atomic mass is 10.1. The monoisotopic (exact) mass is 437 g/mol. The molecule has 4 rings (SSSR count). The molecule has 1 aliphatic heterocycles. The summed E-state index contributed by atoms with van der Waals surface area (Å²) >= 11 is 6.21. The van der Waals surface area contributed by atoms with E-state index in [9.17, 15) is 4.39 Å². The van der Waals surface area contributed by atoms with E-state index in [0.717, 1.165) is 29.1 Å². The first-order chi connectivity index (χ1) is 15.0. The highest BCUT2D eigenvalue weighted by molar-refractivity contribution is 6.30. The summed E-state index contributed by atoms with van der Waals surface area (Å²) in [7, 11) is 0. The van der Waals surface area contributed by atoms with Gasteiger partial charge in [-0.15, -0.1) is 0 Å². The number of halogens is 2. The lowest BCUT2D eigenvalue weighted by Crippen LogP contribution is -2.22. The molecule has 1 saturated heterocycles. The van der Waals surface area contributed by atoms with Gasteiger partial charge in [0.25, 0.3) is 0 Å². The molecule has 7 heteroatoms. The van der Waals surface area contributed by atoms with Gasteiger partial charge in [0.1, 0.15) is 17.3 Å². The summed E-state index contributed by atoms with van der Waals surface area (Å²) in [6, 6.07) is 10.4. The minimum absolute atomic E-state index is 0.283. The van der Waals surface area contributed by atoms with Crippen molar-refractivity contribution in [3.05, 3.63) is 83.2 Å². The minimum atomic E-state index is -0.283. The number of hydrogen-bond donors (Lipinski definition) is 2. The summed E-state index contributed by atoms with van der Waals surface area (Å²) in [6.07, 6.45) is 7.99. The number of pyridine rings is 1. The number of allylic oxidation sites excluding steroid dienone is 1. The summed E-state index contributed by atoms with van der Waals surface area (Å²) in [5.74, 6) is 0.263. The lowest BCUT2D eigenvalue weighted by Gasteiger charge is -2.10. The summed E-state index contributed by atoms with van der Waals surface area (Å²) in [5, 5.41) is 7.33. The molecular weight excluding hydrogens is 413 g/mol. The van der Waals surface area contributed by atoms with Gasteiger partial charge in [-0.3, -0.25) is 0 Å². The Balaban J connectivity index is 1.53. The highest BCUT2D eigenvalue weighted by Crippen LogP contribution is 2.26. The summed E-state index contributed by atoms with van der Waals surface area (Å²) < 4.78 is 15.3. The van der Waals surface area contributed by atoms with Gasteiger partial charge in [0.2, 0.25) is 0 Å². The Labute approximate surface area is 186 Å². The molecule has 31 heavy (non-hydrogen) atoms. The zero-order chi connectivity index (χ0) is 21.8. The molecule has 0 saturated carbocycles. The molecule has 0 bridgehead atoms. The third-order valence-electron chi connectivity index (χ3n) is 5.44. The Kier molecular flexibility index (Phi) is 6.49. The van der Waals surface area contributed by atoms with Crippen LogP contribution in [0.3, 0.4) is 0 Å². The van der Waals surface area contributed by atoms with Crippen molar-refractivity contribution in [2.45, 2.75) is 32.4 Å². The molecule has 160 valence electrons. The quantitative estimate of drug-likeness (QED) is 0.504. The van der Waals surface area contributed by atoms with E-state index in [2.05, 4.69) is 29.1 Å². The van der Waals surface area contributed by atoms with Crippen molar-refractivity contribution in [1.29, 1.82) is 0 Å². The Hall–Kier alpha value is -2.96. The Morgan fingerprint density at radius 3 is 2.90 bits per heavy atom. The molecule has 1 fully saturated rings. The number of imidazole rings is 1. The highest BCUT2D eigenvalue weighted by Gasteiger charge is 2.15. The summed E-state index contributed by atoms with van der Waals surface area (Å²) in [4.78, 5) is 9.12. The first-order valence-electron chi connectivity index (χ1n) is 10.3. The molecular formula is C24H25ClFN5. The first kappa shape index (κ1) is 21.3. The number of nitrogens with zero attached hydrogens (tertiary/aromatic N) is 3. The van der Waals surface area contributed by atoms with Crippen LogP contribution in [0.15, 0.2) is 71.6 Å². The lowest BCUT2D eigenvalue weighted by molar-refractivity contribution is 0.628. The van der Waals surface area contributed by atoms with Crippen molar-refractivity contribution in [2.75, 3.05) is 6.54 Å². The van der Waals surface area contributed by atoms with Crippen LogP contribution in [0.5, 0.6) is 0 Å². The second-order valence-corrected chi connectivity index (χ2v) is 8.06. The van der Waals surface area contributed by atoms with Gasteiger partial charge in [0.05, 0.1) is 23.0 Å². The van der Waals surface area contributed by atoms with Gasteiger partial charge in [-0.25, -0.2) is 14.4 Å². The summed E-state index contributed by atoms with van der Waals surface area (Å²) in [5.41, 5.74) is 4.51. The first-order valence-corrected chi connectivity index (χ1v) is 10.7. The Bertz CT molecular complexity index is 1140. The molecule has 0 amide bonds. The zero-order valence-electron chi connectivity index (χ0n) is 17.4. The van der Waals surface area contributed by atoms with E-state index in [-0.39, 0.29) is 5.82 Å². The maximum atomic E-state index is 13.4. The van der Waals surface area contributed by atoms with Crippen molar-refractivity contribution in [3.8, 4) is 11.3 Å². The van der Waals surface area contributed by atoms with E-state index >= 15 is 0 Å². The standard InChI is InChI=1S/C24H25ClFN5/c1-16(21-4-3-12-28-21)11-13-27-17(2)29-14-22-24(18-5-8-20(26)9-6-18)30-23-10-7-19(25)15-31(22)23/h5-11,13,15,21,28-29H,2-4,12,14H2,1H3/b16-11+,27-13?. The summed E-state index contributed by atoms with van der Waals surface area (Å²) in [6.45, 7) is 7.63. The maximum Gasteiger partial charge on any atom is 0.137 e. The van der Waals surface area contributed by atoms with E-state index in [0.29, 0.717) is 23.4 Å². The van der Waals surface area contributed by atoms with Crippen LogP contribution >= 0.6 is 11.6 Å². The number of fused-ring (bicyclic) bond motifs is 1. The molecule has 2 N–H and O–H groups in total. The van der Waals surface area contributed by atoms with Gasteiger partial charge in [-0.2, -0.15) is 0 Å². The number of aromatic nitrogens is 2. The van der Waals surface area contributed by atoms with Crippen molar-refractivity contribution in [2.24, 2.45) is 4.99 Å². The Morgan fingerprint density at radius 2 is 2.16 bits per heavy atom. The van der Waals surface area contributed by atoms with E-state index < -0.39 is 0 Å². The smallest absolute Gasteiger partial charge is 0.137 e. The number of benzene rings is 1. The average Bonchev–Trinajstić information content (AvgIpc) is 3.41. The fourth-order valence-corrected chi connectivity index (χ4v) is 3.90. The van der Waals surface area contributed by atoms with Crippen LogP contribution in [0, 0.1) is 5.82 Å². The second-order valence-electron chi connectivity index (χ2n) is 7.63. The predicted octanol–water partition coefficient (Wildman–Crippen LogP) is 5.12. The fourth-order valence-electron chi connectivity index (χ4n) is 3.74. The zero-order valence-corrected chi connectivity index (χ0v) is 18.2. The average molecular weight is 438 g/mol. The van der Waals surface area contributed by atoms with Crippen molar-refractivity contribution in [1.82, 2.24) is 20.0 Å². The predicted molar refractivity (Wildman–Crippen MR) is 125 cm³/mol. The van der Waals surface area contributed by atoms with Gasteiger partial charge in [-0.1, -0.05) is 23.8 Å². The number of nitrogens with one attached hydrogen (secondary N) is 2. The Morgan fingerprint density at radius 1 is 1.35 bits per heavy atom. The molecule has 3 heterocycles. The fraction of sp³-hybridized carbons (Fsp3) is 0.250. The molecule has 2 aromatic heterocycles. The molecule has 1 unspecified atom stereocenters. The van der Waals surface area contributed by atoms with Crippen LogP contribution in [0.25, 0.3) is 16.9 Å². The van der Waals surface area contributed by atoms with Crippen molar-refractivity contribution >= 4 is 23.5 Å². The van der Waals surface area contributed by atoms with Crippen LogP contribution in [0.2, 0.25) is 5.02 Å².